The molecule has 22 heavy (non-hydrogen) atoms. The Kier molecular flexibility index (Phi) is 9.24. The molecule has 0 spiro atoms. The van der Waals surface area contributed by atoms with E-state index in [1.807, 2.05) is 0 Å². The topological polar surface area (TPSA) is 0 Å². The fraction of sp³-hybridized carbons (Fsp3) is 0.333. The molecule has 0 amide bonds. The summed E-state index contributed by atoms with van der Waals surface area (Å²) >= 11 is 7.29. The van der Waals surface area contributed by atoms with Gasteiger partial charge in [-0.2, -0.15) is 0 Å². The monoisotopic (exact) mass is 458 g/mol. The zero-order chi connectivity index (χ0) is 15.6. The molecular weight excluding hydrogens is 438 g/mol. The Morgan fingerprint density at radius 2 is 0.909 bits per heavy atom. The zero-order valence-electron chi connectivity index (χ0n) is 12.7. The predicted molar refractivity (Wildman–Crippen MR) is 113 cm³/mol. The van der Waals surface area contributed by atoms with Crippen molar-refractivity contribution < 1.29 is 0 Å². The summed E-state index contributed by atoms with van der Waals surface area (Å²) in [5, 5.41) is 5.32. The summed E-state index contributed by atoms with van der Waals surface area (Å²) in [7, 11) is -0.0709. The van der Waals surface area contributed by atoms with Gasteiger partial charge in [0.2, 0.25) is 0 Å². The smallest absolute Gasteiger partial charge is 0.00736 e. The maximum absolute atomic E-state index is 3.64. The number of hydrogen-bond acceptors (Lipinski definition) is 0. The first kappa shape index (κ1) is 18.6. The molecule has 2 rings (SSSR count). The van der Waals surface area contributed by atoms with Crippen molar-refractivity contribution in [3.63, 3.8) is 0 Å². The maximum Gasteiger partial charge on any atom is 0.00736 e. The molecule has 0 radical (unpaired) electrons. The van der Waals surface area contributed by atoms with E-state index in [2.05, 4.69) is 92.5 Å². The van der Waals surface area contributed by atoms with Gasteiger partial charge in [0.1, 0.15) is 0 Å². The van der Waals surface area contributed by atoms with E-state index in [4.69, 9.17) is 0 Å². The van der Waals surface area contributed by atoms with Gasteiger partial charge in [0.15, 0.2) is 0 Å². The molecule has 2 aromatic rings. The molecule has 0 bridgehead atoms. The number of hydrogen-bond donors (Lipinski definition) is 0. The second-order valence-corrected chi connectivity index (χ2v) is 11.6. The second-order valence-electron chi connectivity index (χ2n) is 5.02. The third-order valence-corrected chi connectivity index (χ3v) is 11.1. The number of rotatable bonds is 9. The van der Waals surface area contributed by atoms with E-state index >= 15 is 0 Å². The number of alkyl halides is 2. The molecule has 0 saturated carbocycles. The van der Waals surface area contributed by atoms with Crippen molar-refractivity contribution in [2.75, 3.05) is 35.3 Å². The molecule has 0 aliphatic rings. The van der Waals surface area contributed by atoms with E-state index in [0.717, 1.165) is 10.7 Å². The van der Waals surface area contributed by atoms with Crippen LogP contribution in [0.4, 0.5) is 0 Å². The molecule has 0 saturated heterocycles. The first-order valence-electron chi connectivity index (χ1n) is 7.57. The minimum Gasteiger partial charge on any atom is -0.0924 e. The highest BCUT2D eigenvalue weighted by atomic mass is 79.9. The number of halogens is 2. The van der Waals surface area contributed by atoms with E-state index in [0.29, 0.717) is 0 Å². The van der Waals surface area contributed by atoms with Crippen molar-refractivity contribution in [2.45, 2.75) is 0 Å². The highest BCUT2D eigenvalue weighted by Gasteiger charge is 2.15. The van der Waals surface area contributed by atoms with Crippen LogP contribution in [0, 0.1) is 0 Å². The maximum atomic E-state index is 3.64. The molecule has 0 fully saturated rings. The summed E-state index contributed by atoms with van der Waals surface area (Å²) in [4.78, 5) is 0. The van der Waals surface area contributed by atoms with E-state index < -0.39 is 0 Å². The lowest BCUT2D eigenvalue weighted by Gasteiger charge is -2.22. The Labute approximate surface area is 153 Å². The molecule has 2 atom stereocenters. The molecule has 4 heteroatoms. The van der Waals surface area contributed by atoms with Crippen LogP contribution in [0.3, 0.4) is 0 Å². The first-order chi connectivity index (χ1) is 10.8. The molecule has 0 heterocycles. The van der Waals surface area contributed by atoms with E-state index in [1.165, 1.54) is 24.6 Å². The molecule has 2 aromatic carbocycles. The average Bonchev–Trinajstić information content (AvgIpc) is 2.59. The molecular formula is C18H22Br2P2. The highest BCUT2D eigenvalue weighted by Crippen LogP contribution is 2.42. The van der Waals surface area contributed by atoms with Gasteiger partial charge in [-0.25, -0.2) is 0 Å². The predicted octanol–water partition coefficient (Wildman–Crippen LogP) is 5.39. The van der Waals surface area contributed by atoms with Gasteiger partial charge < -0.3 is 0 Å². The van der Waals surface area contributed by atoms with E-state index in [-0.39, 0.29) is 15.8 Å². The largest absolute Gasteiger partial charge is 0.0924 e. The number of benzene rings is 2. The molecule has 118 valence electrons. The Bertz CT molecular complexity index is 470. The van der Waals surface area contributed by atoms with Crippen LogP contribution >= 0.6 is 47.7 Å². The van der Waals surface area contributed by atoms with Crippen molar-refractivity contribution in [1.82, 2.24) is 0 Å². The average molecular weight is 460 g/mol. The van der Waals surface area contributed by atoms with Crippen molar-refractivity contribution in [1.29, 1.82) is 0 Å². The SMILES string of the molecule is BrCCP(CCP(CCBr)c1ccccc1)c1ccccc1. The molecule has 0 aromatic heterocycles. The Morgan fingerprint density at radius 3 is 1.23 bits per heavy atom. The Morgan fingerprint density at radius 1 is 0.545 bits per heavy atom. The van der Waals surface area contributed by atoms with Crippen LogP contribution in [0.15, 0.2) is 60.7 Å². The van der Waals surface area contributed by atoms with Crippen LogP contribution in [0.1, 0.15) is 0 Å². The molecule has 0 aliphatic heterocycles. The van der Waals surface area contributed by atoms with Gasteiger partial charge >= 0.3 is 0 Å². The molecule has 0 nitrogen and oxygen atoms in total. The van der Waals surface area contributed by atoms with Crippen molar-refractivity contribution in [3.8, 4) is 0 Å². The first-order valence-corrected chi connectivity index (χ1v) is 13.2. The van der Waals surface area contributed by atoms with Crippen LogP contribution in [0.5, 0.6) is 0 Å². The van der Waals surface area contributed by atoms with E-state index in [9.17, 15) is 0 Å². The van der Waals surface area contributed by atoms with Gasteiger partial charge in [-0.1, -0.05) is 108 Å². The fourth-order valence-electron chi connectivity index (χ4n) is 2.46. The summed E-state index contributed by atoms with van der Waals surface area (Å²) in [5.74, 6) is 0. The summed E-state index contributed by atoms with van der Waals surface area (Å²) in [6, 6.07) is 22.2. The van der Waals surface area contributed by atoms with Gasteiger partial charge in [0.25, 0.3) is 0 Å². The lowest BCUT2D eigenvalue weighted by Crippen LogP contribution is -2.13. The van der Waals surface area contributed by atoms with Crippen molar-refractivity contribution in [2.24, 2.45) is 0 Å². The standard InChI is InChI=1S/C18H22Br2P2/c19-11-13-21(17-7-3-1-4-8-17)15-16-22(14-12-20)18-9-5-2-6-10-18/h1-10H,11-16H2. The minimum absolute atomic E-state index is 0.0354. The van der Waals surface area contributed by atoms with Gasteiger partial charge in [0, 0.05) is 10.7 Å². The molecule has 2 unspecified atom stereocenters. The third-order valence-electron chi connectivity index (χ3n) is 3.59. The van der Waals surface area contributed by atoms with Crippen molar-refractivity contribution >= 4 is 58.3 Å². The zero-order valence-corrected chi connectivity index (χ0v) is 17.6. The van der Waals surface area contributed by atoms with Crippen LogP contribution < -0.4 is 10.6 Å². The summed E-state index contributed by atoms with van der Waals surface area (Å²) in [6.07, 6.45) is 5.26. The van der Waals surface area contributed by atoms with Gasteiger partial charge in [-0.15, -0.1) is 0 Å². The quantitative estimate of drug-likeness (QED) is 0.348. The van der Waals surface area contributed by atoms with Crippen LogP contribution in [-0.4, -0.2) is 35.3 Å². The van der Waals surface area contributed by atoms with Gasteiger partial charge in [-0.05, 0) is 35.3 Å². The van der Waals surface area contributed by atoms with Crippen LogP contribution in [0.25, 0.3) is 0 Å². The third kappa shape index (κ3) is 6.04. The highest BCUT2D eigenvalue weighted by molar-refractivity contribution is 9.09. The normalized spacial score (nSPS) is 13.7. The summed E-state index contributed by atoms with van der Waals surface area (Å²) < 4.78 is 0. The van der Waals surface area contributed by atoms with E-state index in [1.54, 1.807) is 10.6 Å². The Balaban J connectivity index is 2.03. The van der Waals surface area contributed by atoms with Crippen LogP contribution in [-0.2, 0) is 0 Å². The van der Waals surface area contributed by atoms with Crippen molar-refractivity contribution in [3.05, 3.63) is 60.7 Å². The summed E-state index contributed by atoms with van der Waals surface area (Å²) in [5.41, 5.74) is 0. The van der Waals surface area contributed by atoms with Gasteiger partial charge in [-0.3, -0.25) is 0 Å². The molecule has 0 aliphatic carbocycles. The Hall–Kier alpha value is 0.260. The van der Waals surface area contributed by atoms with Crippen LogP contribution in [0.2, 0.25) is 0 Å². The second kappa shape index (κ2) is 10.9. The molecule has 0 N–H and O–H groups in total. The lowest BCUT2D eigenvalue weighted by molar-refractivity contribution is 1.41. The van der Waals surface area contributed by atoms with Gasteiger partial charge in [0.05, 0.1) is 0 Å². The summed E-state index contributed by atoms with van der Waals surface area (Å²) in [6.45, 7) is 0. The minimum atomic E-state index is -0.0354. The lowest BCUT2D eigenvalue weighted by atomic mass is 10.4. The fourth-order valence-corrected chi connectivity index (χ4v) is 10.0.